The van der Waals surface area contributed by atoms with Gasteiger partial charge in [-0.25, -0.2) is 0 Å². The molecule has 2 N–H and O–H groups in total. The number of carbonyl (C=O) groups is 1. The Kier molecular flexibility index (Phi) is 8.67. The molecule has 0 spiro atoms. The third kappa shape index (κ3) is 6.12. The summed E-state index contributed by atoms with van der Waals surface area (Å²) >= 11 is 0. The van der Waals surface area contributed by atoms with E-state index in [4.69, 9.17) is 10.5 Å². The first-order chi connectivity index (χ1) is 11.7. The molecule has 0 saturated carbocycles. The fraction of sp³-hybridized carbons (Fsp3) is 0.389. The molecule has 0 atom stereocenters. The lowest BCUT2D eigenvalue weighted by Gasteiger charge is -2.17. The van der Waals surface area contributed by atoms with E-state index in [0.29, 0.717) is 17.8 Å². The van der Waals surface area contributed by atoms with E-state index in [-0.39, 0.29) is 5.57 Å². The monoisotopic (exact) mass is 325 g/mol. The van der Waals surface area contributed by atoms with Gasteiger partial charge >= 0.3 is 0 Å². The largest absolute Gasteiger partial charge is 0.390 e. The van der Waals surface area contributed by atoms with Gasteiger partial charge < -0.3 is 15.5 Å². The number of benzene rings is 1. The Labute approximate surface area is 143 Å². The summed E-state index contributed by atoms with van der Waals surface area (Å²) in [5.41, 5.74) is 0.730. The summed E-state index contributed by atoms with van der Waals surface area (Å²) in [6.07, 6.45) is 2.35. The van der Waals surface area contributed by atoms with Crippen LogP contribution in [0.15, 0.2) is 36.0 Å². The molecule has 0 bridgehead atoms. The molecule has 0 fully saturated rings. The van der Waals surface area contributed by atoms with Crippen LogP contribution in [0.25, 0.3) is 0 Å². The van der Waals surface area contributed by atoms with E-state index < -0.39 is 5.91 Å². The van der Waals surface area contributed by atoms with Crippen LogP contribution in [-0.4, -0.2) is 37.0 Å². The SMILES string of the molecule is CCN(CC)CCCN/C=C(/C#N)C(=O)Nc1ccccc1C#N. The van der Waals surface area contributed by atoms with Crippen molar-refractivity contribution < 1.29 is 4.79 Å². The average Bonchev–Trinajstić information content (AvgIpc) is 2.61. The van der Waals surface area contributed by atoms with Crippen LogP contribution < -0.4 is 10.6 Å². The second kappa shape index (κ2) is 10.8. The number of amides is 1. The lowest BCUT2D eigenvalue weighted by atomic mass is 10.2. The van der Waals surface area contributed by atoms with Crippen LogP contribution in [0, 0.1) is 22.7 Å². The molecule has 0 radical (unpaired) electrons. The van der Waals surface area contributed by atoms with Gasteiger partial charge in [0.15, 0.2) is 0 Å². The summed E-state index contributed by atoms with van der Waals surface area (Å²) in [5, 5.41) is 23.7. The predicted molar refractivity (Wildman–Crippen MR) is 93.9 cm³/mol. The van der Waals surface area contributed by atoms with Crippen molar-refractivity contribution in [3.05, 3.63) is 41.6 Å². The molecule has 24 heavy (non-hydrogen) atoms. The Hall–Kier alpha value is -2.83. The molecular formula is C18H23N5O. The highest BCUT2D eigenvalue weighted by Crippen LogP contribution is 2.14. The molecule has 6 nitrogen and oxygen atoms in total. The number of nitrogens with zero attached hydrogens (tertiary/aromatic N) is 3. The molecule has 6 heteroatoms. The Balaban J connectivity index is 2.55. The van der Waals surface area contributed by atoms with Crippen LogP contribution in [0.1, 0.15) is 25.8 Å². The van der Waals surface area contributed by atoms with E-state index in [2.05, 4.69) is 29.4 Å². The normalized spacial score (nSPS) is 10.8. The minimum absolute atomic E-state index is 0.0226. The highest BCUT2D eigenvalue weighted by atomic mass is 16.1. The van der Waals surface area contributed by atoms with E-state index >= 15 is 0 Å². The quantitative estimate of drug-likeness (QED) is 0.413. The Morgan fingerprint density at radius 1 is 1.25 bits per heavy atom. The molecule has 1 amide bonds. The third-order valence-electron chi connectivity index (χ3n) is 3.60. The summed E-state index contributed by atoms with van der Waals surface area (Å²) in [6, 6.07) is 10.5. The fourth-order valence-corrected chi connectivity index (χ4v) is 2.15. The number of carbonyl (C=O) groups excluding carboxylic acids is 1. The molecule has 126 valence electrons. The van der Waals surface area contributed by atoms with Crippen molar-refractivity contribution in [2.45, 2.75) is 20.3 Å². The van der Waals surface area contributed by atoms with Crippen LogP contribution in [0.5, 0.6) is 0 Å². The maximum absolute atomic E-state index is 12.1. The first kappa shape index (κ1) is 19.2. The standard InChI is InChI=1S/C18H23N5O/c1-3-23(4-2)11-7-10-21-14-16(13-20)18(24)22-17-9-6-5-8-15(17)12-19/h5-6,8-9,14,21H,3-4,7,10-11H2,1-2H3,(H,22,24)/b16-14-. The maximum Gasteiger partial charge on any atom is 0.267 e. The second-order valence-electron chi connectivity index (χ2n) is 5.12. The lowest BCUT2D eigenvalue weighted by molar-refractivity contribution is -0.112. The predicted octanol–water partition coefficient (Wildman–Crippen LogP) is 2.23. The zero-order chi connectivity index (χ0) is 17.8. The lowest BCUT2D eigenvalue weighted by Crippen LogP contribution is -2.26. The van der Waals surface area contributed by atoms with Crippen molar-refractivity contribution >= 4 is 11.6 Å². The fourth-order valence-electron chi connectivity index (χ4n) is 2.15. The van der Waals surface area contributed by atoms with Crippen molar-refractivity contribution in [1.82, 2.24) is 10.2 Å². The number of anilines is 1. The van der Waals surface area contributed by atoms with Gasteiger partial charge in [0, 0.05) is 12.7 Å². The molecule has 1 aromatic rings. The van der Waals surface area contributed by atoms with Gasteiger partial charge in [-0.2, -0.15) is 10.5 Å². The topological polar surface area (TPSA) is 91.9 Å². The number of nitriles is 2. The summed E-state index contributed by atoms with van der Waals surface area (Å²) < 4.78 is 0. The molecule has 0 aromatic heterocycles. The zero-order valence-electron chi connectivity index (χ0n) is 14.2. The highest BCUT2D eigenvalue weighted by molar-refractivity contribution is 6.07. The van der Waals surface area contributed by atoms with E-state index in [1.807, 2.05) is 12.1 Å². The van der Waals surface area contributed by atoms with Gasteiger partial charge in [-0.15, -0.1) is 0 Å². The van der Waals surface area contributed by atoms with Crippen molar-refractivity contribution in [3.8, 4) is 12.1 Å². The van der Waals surface area contributed by atoms with E-state index in [1.54, 1.807) is 24.3 Å². The molecule has 0 aliphatic heterocycles. The summed E-state index contributed by atoms with van der Waals surface area (Å²) in [4.78, 5) is 14.4. The van der Waals surface area contributed by atoms with Crippen LogP contribution in [0.2, 0.25) is 0 Å². The molecule has 0 aliphatic rings. The Bertz CT molecular complexity index is 650. The molecule has 0 unspecified atom stereocenters. The summed E-state index contributed by atoms with van der Waals surface area (Å²) in [7, 11) is 0. The first-order valence-corrected chi connectivity index (χ1v) is 8.02. The Morgan fingerprint density at radius 2 is 1.96 bits per heavy atom. The number of nitrogens with one attached hydrogen (secondary N) is 2. The minimum Gasteiger partial charge on any atom is -0.390 e. The maximum atomic E-state index is 12.1. The van der Waals surface area contributed by atoms with Gasteiger partial charge in [0.05, 0.1) is 11.3 Å². The third-order valence-corrected chi connectivity index (χ3v) is 3.60. The molecule has 0 aliphatic carbocycles. The van der Waals surface area contributed by atoms with Gasteiger partial charge in [-0.1, -0.05) is 26.0 Å². The van der Waals surface area contributed by atoms with E-state index in [1.165, 1.54) is 6.20 Å². The zero-order valence-corrected chi connectivity index (χ0v) is 14.2. The van der Waals surface area contributed by atoms with Crippen molar-refractivity contribution in [1.29, 1.82) is 10.5 Å². The Morgan fingerprint density at radius 3 is 2.58 bits per heavy atom. The molecule has 0 saturated heterocycles. The molecule has 0 heterocycles. The summed E-state index contributed by atoms with van der Waals surface area (Å²) in [6.45, 7) is 7.91. The van der Waals surface area contributed by atoms with Crippen LogP contribution >= 0.6 is 0 Å². The summed E-state index contributed by atoms with van der Waals surface area (Å²) in [5.74, 6) is -0.531. The molecule has 1 aromatic carbocycles. The number of hydrogen-bond acceptors (Lipinski definition) is 5. The number of hydrogen-bond donors (Lipinski definition) is 2. The second-order valence-corrected chi connectivity index (χ2v) is 5.12. The van der Waals surface area contributed by atoms with Crippen LogP contribution in [0.3, 0.4) is 0 Å². The smallest absolute Gasteiger partial charge is 0.267 e. The number of rotatable bonds is 9. The van der Waals surface area contributed by atoms with Gasteiger partial charge in [0.25, 0.3) is 5.91 Å². The van der Waals surface area contributed by atoms with Gasteiger partial charge in [-0.05, 0) is 38.2 Å². The van der Waals surface area contributed by atoms with Gasteiger partial charge in [-0.3, -0.25) is 4.79 Å². The molecule has 1 rings (SSSR count). The van der Waals surface area contributed by atoms with Crippen LogP contribution in [-0.2, 0) is 4.79 Å². The minimum atomic E-state index is -0.531. The van der Waals surface area contributed by atoms with Crippen molar-refractivity contribution in [2.24, 2.45) is 0 Å². The van der Waals surface area contributed by atoms with Gasteiger partial charge in [0.2, 0.25) is 0 Å². The van der Waals surface area contributed by atoms with Crippen LogP contribution in [0.4, 0.5) is 5.69 Å². The van der Waals surface area contributed by atoms with Gasteiger partial charge in [0.1, 0.15) is 17.7 Å². The van der Waals surface area contributed by atoms with E-state index in [0.717, 1.165) is 26.1 Å². The molecular weight excluding hydrogens is 302 g/mol. The average molecular weight is 325 g/mol. The van der Waals surface area contributed by atoms with E-state index in [9.17, 15) is 4.79 Å². The van der Waals surface area contributed by atoms with Crippen molar-refractivity contribution in [2.75, 3.05) is 31.5 Å². The first-order valence-electron chi connectivity index (χ1n) is 8.02. The van der Waals surface area contributed by atoms with Crippen molar-refractivity contribution in [3.63, 3.8) is 0 Å². The number of para-hydroxylation sites is 1. The highest BCUT2D eigenvalue weighted by Gasteiger charge is 2.11.